The van der Waals surface area contributed by atoms with Gasteiger partial charge in [-0.15, -0.1) is 0 Å². The van der Waals surface area contributed by atoms with Crippen molar-refractivity contribution in [2.24, 2.45) is 0 Å². The highest BCUT2D eigenvalue weighted by Gasteiger charge is 2.26. The van der Waals surface area contributed by atoms with Gasteiger partial charge in [0.1, 0.15) is 17.8 Å². The minimum atomic E-state index is -0.461. The highest BCUT2D eigenvalue weighted by Crippen LogP contribution is 2.21. The number of nitrogens with zero attached hydrogens (tertiary/aromatic N) is 2. The van der Waals surface area contributed by atoms with Crippen molar-refractivity contribution in [3.05, 3.63) is 12.2 Å². The Bertz CT molecular complexity index is 469. The molecule has 0 spiro atoms. The van der Waals surface area contributed by atoms with Crippen molar-refractivity contribution >= 4 is 6.09 Å². The second-order valence-electron chi connectivity index (χ2n) is 6.97. The Labute approximate surface area is 131 Å². The number of aromatic nitrogens is 3. The lowest BCUT2D eigenvalue weighted by Gasteiger charge is -2.32. The average Bonchev–Trinajstić information content (AvgIpc) is 2.90. The topological polar surface area (TPSA) is 91.9 Å². The summed E-state index contributed by atoms with van der Waals surface area (Å²) in [5, 5.41) is 13.3. The molecule has 0 saturated heterocycles. The van der Waals surface area contributed by atoms with E-state index in [1.54, 1.807) is 0 Å². The van der Waals surface area contributed by atoms with Crippen LogP contribution in [0.2, 0.25) is 0 Å². The standard InChI is InChI=1S/C15H27N5O2/c1-10(13-16-9-17-20-13)18-11-6-5-7-12(8-11)19-14(21)22-15(2,3)4/h9-12,18H,5-8H2,1-4H3,(H,19,21)(H,16,17,20). The molecule has 1 heterocycles. The first-order valence-electron chi connectivity index (χ1n) is 7.94. The molecule has 1 amide bonds. The summed E-state index contributed by atoms with van der Waals surface area (Å²) in [6, 6.07) is 0.629. The Hall–Kier alpha value is -1.63. The van der Waals surface area contributed by atoms with Crippen LogP contribution < -0.4 is 10.6 Å². The summed E-state index contributed by atoms with van der Waals surface area (Å²) in [5.74, 6) is 0.835. The fourth-order valence-electron chi connectivity index (χ4n) is 2.80. The normalized spacial score (nSPS) is 23.8. The lowest BCUT2D eigenvalue weighted by molar-refractivity contribution is 0.0488. The van der Waals surface area contributed by atoms with E-state index < -0.39 is 5.60 Å². The zero-order valence-corrected chi connectivity index (χ0v) is 13.8. The lowest BCUT2D eigenvalue weighted by Crippen LogP contribution is -2.46. The van der Waals surface area contributed by atoms with Gasteiger partial charge in [-0.1, -0.05) is 0 Å². The summed E-state index contributed by atoms with van der Waals surface area (Å²) < 4.78 is 5.32. The van der Waals surface area contributed by atoms with Gasteiger partial charge in [-0.25, -0.2) is 9.78 Å². The Morgan fingerprint density at radius 1 is 1.41 bits per heavy atom. The van der Waals surface area contributed by atoms with Gasteiger partial charge in [0.2, 0.25) is 0 Å². The van der Waals surface area contributed by atoms with Gasteiger partial charge in [-0.3, -0.25) is 5.10 Å². The number of nitrogens with one attached hydrogen (secondary N) is 3. The van der Waals surface area contributed by atoms with Crippen molar-refractivity contribution in [3.8, 4) is 0 Å². The van der Waals surface area contributed by atoms with Gasteiger partial charge < -0.3 is 15.4 Å². The van der Waals surface area contributed by atoms with Crippen LogP contribution in [0, 0.1) is 0 Å². The van der Waals surface area contributed by atoms with Crippen LogP contribution in [0.5, 0.6) is 0 Å². The molecule has 1 aliphatic rings. The van der Waals surface area contributed by atoms with E-state index in [0.29, 0.717) is 6.04 Å². The van der Waals surface area contributed by atoms with Gasteiger partial charge >= 0.3 is 6.09 Å². The van der Waals surface area contributed by atoms with Crippen molar-refractivity contribution in [3.63, 3.8) is 0 Å². The van der Waals surface area contributed by atoms with Crippen LogP contribution in [-0.4, -0.2) is 39.0 Å². The van der Waals surface area contributed by atoms with E-state index in [0.717, 1.165) is 31.5 Å². The second-order valence-corrected chi connectivity index (χ2v) is 6.97. The maximum Gasteiger partial charge on any atom is 0.407 e. The highest BCUT2D eigenvalue weighted by atomic mass is 16.6. The number of hydrogen-bond acceptors (Lipinski definition) is 5. The van der Waals surface area contributed by atoms with Gasteiger partial charge in [0.25, 0.3) is 0 Å². The maximum absolute atomic E-state index is 11.9. The van der Waals surface area contributed by atoms with Crippen molar-refractivity contribution in [2.45, 2.75) is 77.1 Å². The van der Waals surface area contributed by atoms with E-state index in [1.807, 2.05) is 20.8 Å². The molecule has 1 fully saturated rings. The smallest absolute Gasteiger partial charge is 0.407 e. The lowest BCUT2D eigenvalue weighted by atomic mass is 9.90. The van der Waals surface area contributed by atoms with Crippen LogP contribution in [0.15, 0.2) is 6.33 Å². The predicted molar refractivity (Wildman–Crippen MR) is 83.3 cm³/mol. The molecule has 22 heavy (non-hydrogen) atoms. The third kappa shape index (κ3) is 5.29. The number of alkyl carbamates (subject to hydrolysis) is 1. The van der Waals surface area contributed by atoms with Crippen LogP contribution >= 0.6 is 0 Å². The van der Waals surface area contributed by atoms with Crippen LogP contribution in [0.3, 0.4) is 0 Å². The number of aromatic amines is 1. The van der Waals surface area contributed by atoms with Crippen LogP contribution in [-0.2, 0) is 4.74 Å². The summed E-state index contributed by atoms with van der Waals surface area (Å²) >= 11 is 0. The molecular formula is C15H27N5O2. The molecular weight excluding hydrogens is 282 g/mol. The SMILES string of the molecule is CC(NC1CCCC(NC(=O)OC(C)(C)C)C1)c1ncn[nH]1. The Balaban J connectivity index is 1.80. The molecule has 3 atom stereocenters. The summed E-state index contributed by atoms with van der Waals surface area (Å²) in [4.78, 5) is 16.0. The van der Waals surface area contributed by atoms with E-state index in [2.05, 4.69) is 32.7 Å². The average molecular weight is 309 g/mol. The molecule has 0 radical (unpaired) electrons. The summed E-state index contributed by atoms with van der Waals surface area (Å²) in [6.07, 6.45) is 5.26. The van der Waals surface area contributed by atoms with Gasteiger partial charge in [-0.2, -0.15) is 5.10 Å². The first-order valence-corrected chi connectivity index (χ1v) is 7.94. The summed E-state index contributed by atoms with van der Waals surface area (Å²) in [7, 11) is 0. The highest BCUT2D eigenvalue weighted by molar-refractivity contribution is 5.68. The third-order valence-electron chi connectivity index (χ3n) is 3.72. The van der Waals surface area contributed by atoms with Crippen LogP contribution in [0.25, 0.3) is 0 Å². The Morgan fingerprint density at radius 2 is 2.14 bits per heavy atom. The van der Waals surface area contributed by atoms with Crippen molar-refractivity contribution in [1.82, 2.24) is 25.8 Å². The number of carbonyl (C=O) groups excluding carboxylic acids is 1. The number of H-pyrrole nitrogens is 1. The largest absolute Gasteiger partial charge is 0.444 e. The minimum absolute atomic E-state index is 0.118. The van der Waals surface area contributed by atoms with Gasteiger partial charge in [-0.05, 0) is 53.4 Å². The van der Waals surface area contributed by atoms with E-state index in [4.69, 9.17) is 4.74 Å². The van der Waals surface area contributed by atoms with Gasteiger partial charge in [0.05, 0.1) is 6.04 Å². The summed E-state index contributed by atoms with van der Waals surface area (Å²) in [6.45, 7) is 7.68. The summed E-state index contributed by atoms with van der Waals surface area (Å²) in [5.41, 5.74) is -0.461. The minimum Gasteiger partial charge on any atom is -0.444 e. The number of amides is 1. The zero-order chi connectivity index (χ0) is 16.2. The Kier molecular flexibility index (Phi) is 5.39. The molecule has 0 aromatic carbocycles. The molecule has 0 bridgehead atoms. The molecule has 0 aliphatic heterocycles. The maximum atomic E-state index is 11.9. The number of rotatable bonds is 4. The molecule has 7 heteroatoms. The molecule has 1 aliphatic carbocycles. The quantitative estimate of drug-likeness (QED) is 0.793. The fraction of sp³-hybridized carbons (Fsp3) is 0.800. The number of carbonyl (C=O) groups is 1. The van der Waals surface area contributed by atoms with E-state index >= 15 is 0 Å². The first kappa shape index (κ1) is 16.7. The zero-order valence-electron chi connectivity index (χ0n) is 13.8. The molecule has 3 N–H and O–H groups in total. The third-order valence-corrected chi connectivity index (χ3v) is 3.72. The first-order chi connectivity index (χ1) is 10.3. The van der Waals surface area contributed by atoms with Crippen LogP contribution in [0.1, 0.15) is 65.2 Å². The van der Waals surface area contributed by atoms with E-state index in [9.17, 15) is 4.79 Å². The van der Waals surface area contributed by atoms with Crippen LogP contribution in [0.4, 0.5) is 4.79 Å². The van der Waals surface area contributed by atoms with Crippen molar-refractivity contribution in [2.75, 3.05) is 0 Å². The predicted octanol–water partition coefficient (Wildman–Crippen LogP) is 2.29. The molecule has 124 valence electrons. The number of hydrogen-bond donors (Lipinski definition) is 3. The second kappa shape index (κ2) is 7.09. The fourth-order valence-corrected chi connectivity index (χ4v) is 2.80. The van der Waals surface area contributed by atoms with Crippen molar-refractivity contribution in [1.29, 1.82) is 0 Å². The van der Waals surface area contributed by atoms with E-state index in [-0.39, 0.29) is 18.2 Å². The van der Waals surface area contributed by atoms with Gasteiger partial charge in [0, 0.05) is 12.1 Å². The molecule has 3 unspecified atom stereocenters. The molecule has 1 aromatic heterocycles. The molecule has 2 rings (SSSR count). The van der Waals surface area contributed by atoms with E-state index in [1.165, 1.54) is 6.33 Å². The van der Waals surface area contributed by atoms with Gasteiger partial charge in [0.15, 0.2) is 0 Å². The van der Waals surface area contributed by atoms with Crippen molar-refractivity contribution < 1.29 is 9.53 Å². The molecule has 1 aromatic rings. The monoisotopic (exact) mass is 309 g/mol. The Morgan fingerprint density at radius 3 is 2.77 bits per heavy atom. The molecule has 7 nitrogen and oxygen atoms in total. The molecule has 1 saturated carbocycles. The number of ether oxygens (including phenoxy) is 1.